The Balaban J connectivity index is 1.87. The van der Waals surface area contributed by atoms with Crippen LogP contribution in [0.4, 0.5) is 0 Å². The minimum atomic E-state index is 0.697. The van der Waals surface area contributed by atoms with Gasteiger partial charge in [-0.1, -0.05) is 22.9 Å². The van der Waals surface area contributed by atoms with Crippen LogP contribution in [0, 0.1) is 0 Å². The zero-order valence-corrected chi connectivity index (χ0v) is 13.4. The predicted octanol–water partition coefficient (Wildman–Crippen LogP) is 3.03. The Kier molecular flexibility index (Phi) is 5.67. The van der Waals surface area contributed by atoms with Crippen molar-refractivity contribution in [1.82, 2.24) is 10.2 Å². The minimum Gasteiger partial charge on any atom is -0.496 e. The summed E-state index contributed by atoms with van der Waals surface area (Å²) >= 11 is 3.51. The molecule has 0 radical (unpaired) electrons. The van der Waals surface area contributed by atoms with Gasteiger partial charge < -0.3 is 10.1 Å². The Labute approximate surface area is 124 Å². The van der Waals surface area contributed by atoms with Gasteiger partial charge in [-0.2, -0.15) is 0 Å². The van der Waals surface area contributed by atoms with Gasteiger partial charge >= 0.3 is 0 Å². The second-order valence-electron chi connectivity index (χ2n) is 5.01. The molecular formula is C15H23BrN2O. The Morgan fingerprint density at radius 1 is 1.47 bits per heavy atom. The van der Waals surface area contributed by atoms with Gasteiger partial charge in [-0.05, 0) is 44.1 Å². The van der Waals surface area contributed by atoms with Crippen molar-refractivity contribution in [1.29, 1.82) is 0 Å². The molecule has 1 atom stereocenters. The van der Waals surface area contributed by atoms with Crippen molar-refractivity contribution >= 4 is 15.9 Å². The first-order valence-corrected chi connectivity index (χ1v) is 7.81. The highest BCUT2D eigenvalue weighted by molar-refractivity contribution is 9.10. The van der Waals surface area contributed by atoms with Crippen LogP contribution in [-0.4, -0.2) is 37.7 Å². The van der Waals surface area contributed by atoms with E-state index in [9.17, 15) is 0 Å². The van der Waals surface area contributed by atoms with Crippen molar-refractivity contribution in [2.75, 3.05) is 26.7 Å². The van der Waals surface area contributed by atoms with Crippen molar-refractivity contribution in [3.63, 3.8) is 0 Å². The number of benzene rings is 1. The average molecular weight is 327 g/mol. The van der Waals surface area contributed by atoms with Gasteiger partial charge in [0.15, 0.2) is 0 Å². The summed E-state index contributed by atoms with van der Waals surface area (Å²) in [6.07, 6.45) is 2.65. The molecule has 0 amide bonds. The zero-order chi connectivity index (χ0) is 13.7. The first-order chi connectivity index (χ1) is 9.24. The molecule has 0 unspecified atom stereocenters. The number of nitrogens with one attached hydrogen (secondary N) is 1. The quantitative estimate of drug-likeness (QED) is 0.869. The summed E-state index contributed by atoms with van der Waals surface area (Å²) < 4.78 is 6.49. The average Bonchev–Trinajstić information content (AvgIpc) is 2.86. The highest BCUT2D eigenvalue weighted by atomic mass is 79.9. The topological polar surface area (TPSA) is 24.5 Å². The third kappa shape index (κ3) is 3.94. The molecule has 1 aromatic rings. The lowest BCUT2D eigenvalue weighted by Gasteiger charge is -2.23. The second kappa shape index (κ2) is 7.27. The van der Waals surface area contributed by atoms with Crippen LogP contribution in [-0.2, 0) is 6.54 Å². The van der Waals surface area contributed by atoms with Crippen molar-refractivity contribution in [3.8, 4) is 5.75 Å². The van der Waals surface area contributed by atoms with Gasteiger partial charge in [-0.25, -0.2) is 0 Å². The lowest BCUT2D eigenvalue weighted by molar-refractivity contribution is 0.259. The zero-order valence-electron chi connectivity index (χ0n) is 11.8. The maximum atomic E-state index is 5.39. The van der Waals surface area contributed by atoms with Gasteiger partial charge in [0.2, 0.25) is 0 Å². The van der Waals surface area contributed by atoms with Gasteiger partial charge in [0, 0.05) is 29.2 Å². The van der Waals surface area contributed by atoms with Crippen LogP contribution >= 0.6 is 15.9 Å². The summed E-state index contributed by atoms with van der Waals surface area (Å²) in [5.74, 6) is 0.953. The smallest absolute Gasteiger partial charge is 0.123 e. The highest BCUT2D eigenvalue weighted by Crippen LogP contribution is 2.23. The van der Waals surface area contributed by atoms with Crippen LogP contribution in [0.3, 0.4) is 0 Å². The van der Waals surface area contributed by atoms with Crippen molar-refractivity contribution in [2.24, 2.45) is 0 Å². The molecule has 1 heterocycles. The van der Waals surface area contributed by atoms with E-state index in [4.69, 9.17) is 4.74 Å². The molecule has 0 aliphatic carbocycles. The predicted molar refractivity (Wildman–Crippen MR) is 82.7 cm³/mol. The molecule has 1 N–H and O–H groups in total. The Bertz CT molecular complexity index is 411. The molecule has 0 aromatic heterocycles. The highest BCUT2D eigenvalue weighted by Gasteiger charge is 2.22. The molecule has 0 spiro atoms. The number of ether oxygens (including phenoxy) is 1. The number of methoxy groups -OCH3 is 1. The van der Waals surface area contributed by atoms with Crippen molar-refractivity contribution in [2.45, 2.75) is 32.4 Å². The van der Waals surface area contributed by atoms with Gasteiger partial charge in [-0.15, -0.1) is 0 Å². The van der Waals surface area contributed by atoms with Crippen LogP contribution in [0.25, 0.3) is 0 Å². The van der Waals surface area contributed by atoms with E-state index in [-0.39, 0.29) is 0 Å². The largest absolute Gasteiger partial charge is 0.496 e. The van der Waals surface area contributed by atoms with E-state index in [2.05, 4.69) is 39.1 Å². The monoisotopic (exact) mass is 326 g/mol. The van der Waals surface area contributed by atoms with E-state index < -0.39 is 0 Å². The van der Waals surface area contributed by atoms with Crippen molar-refractivity contribution in [3.05, 3.63) is 28.2 Å². The van der Waals surface area contributed by atoms with Gasteiger partial charge in [0.1, 0.15) is 5.75 Å². The molecule has 1 fully saturated rings. The molecule has 4 heteroatoms. The Morgan fingerprint density at radius 3 is 3.05 bits per heavy atom. The van der Waals surface area contributed by atoms with E-state index in [1.807, 2.05) is 12.1 Å². The molecule has 1 aliphatic rings. The number of likely N-dealkylation sites (tertiary alicyclic amines) is 1. The van der Waals surface area contributed by atoms with Crippen LogP contribution < -0.4 is 10.1 Å². The molecular weight excluding hydrogens is 304 g/mol. The maximum Gasteiger partial charge on any atom is 0.123 e. The lowest BCUT2D eigenvalue weighted by Crippen LogP contribution is -2.37. The van der Waals surface area contributed by atoms with E-state index in [1.54, 1.807) is 7.11 Å². The minimum absolute atomic E-state index is 0.697. The summed E-state index contributed by atoms with van der Waals surface area (Å²) in [5, 5.41) is 3.57. The number of halogens is 1. The standard InChI is InChI=1S/C15H23BrN2O/c1-3-18-8-4-5-14(18)11-17-10-12-9-13(16)6-7-15(12)19-2/h6-7,9,14,17H,3-5,8,10-11H2,1-2H3/t14-/m1/s1. The lowest BCUT2D eigenvalue weighted by atomic mass is 10.2. The third-order valence-electron chi connectivity index (χ3n) is 3.84. The van der Waals surface area contributed by atoms with Gasteiger partial charge in [0.25, 0.3) is 0 Å². The number of hydrogen-bond acceptors (Lipinski definition) is 3. The fraction of sp³-hybridized carbons (Fsp3) is 0.600. The molecule has 1 aliphatic heterocycles. The van der Waals surface area contributed by atoms with E-state index in [1.165, 1.54) is 24.9 Å². The van der Waals surface area contributed by atoms with E-state index in [0.29, 0.717) is 6.04 Å². The number of nitrogens with zero attached hydrogens (tertiary/aromatic N) is 1. The molecule has 2 rings (SSSR count). The molecule has 106 valence electrons. The molecule has 3 nitrogen and oxygen atoms in total. The molecule has 1 saturated heterocycles. The molecule has 1 aromatic carbocycles. The summed E-state index contributed by atoms with van der Waals surface area (Å²) in [4.78, 5) is 2.56. The first kappa shape index (κ1) is 14.8. The van der Waals surface area contributed by atoms with Crippen LogP contribution in [0.2, 0.25) is 0 Å². The Hall–Kier alpha value is -0.580. The maximum absolute atomic E-state index is 5.39. The fourth-order valence-corrected chi connectivity index (χ4v) is 3.21. The molecule has 19 heavy (non-hydrogen) atoms. The van der Waals surface area contributed by atoms with Gasteiger partial charge in [0.05, 0.1) is 7.11 Å². The Morgan fingerprint density at radius 2 is 2.32 bits per heavy atom. The van der Waals surface area contributed by atoms with E-state index in [0.717, 1.165) is 29.9 Å². The van der Waals surface area contributed by atoms with E-state index >= 15 is 0 Å². The van der Waals surface area contributed by atoms with Crippen molar-refractivity contribution < 1.29 is 4.74 Å². The molecule has 0 saturated carbocycles. The summed E-state index contributed by atoms with van der Waals surface area (Å²) in [6.45, 7) is 6.57. The second-order valence-corrected chi connectivity index (χ2v) is 5.93. The fourth-order valence-electron chi connectivity index (χ4n) is 2.80. The van der Waals surface area contributed by atoms with Gasteiger partial charge in [-0.3, -0.25) is 4.90 Å². The van der Waals surface area contributed by atoms with Crippen LogP contribution in [0.1, 0.15) is 25.3 Å². The summed E-state index contributed by atoms with van der Waals surface area (Å²) in [7, 11) is 1.72. The number of rotatable bonds is 6. The number of likely N-dealkylation sites (N-methyl/N-ethyl adjacent to an activating group) is 1. The normalized spacial score (nSPS) is 19.8. The van der Waals surface area contributed by atoms with Crippen LogP contribution in [0.5, 0.6) is 5.75 Å². The third-order valence-corrected chi connectivity index (χ3v) is 4.34. The SMILES string of the molecule is CCN1CCC[C@@H]1CNCc1cc(Br)ccc1OC. The summed E-state index contributed by atoms with van der Waals surface area (Å²) in [6, 6.07) is 6.84. The summed E-state index contributed by atoms with van der Waals surface area (Å²) in [5.41, 5.74) is 1.21. The first-order valence-electron chi connectivity index (χ1n) is 7.01. The van der Waals surface area contributed by atoms with Crippen LogP contribution in [0.15, 0.2) is 22.7 Å². The molecule has 0 bridgehead atoms. The number of hydrogen-bond donors (Lipinski definition) is 1.